The molecule has 10 nitrogen and oxygen atoms in total. The van der Waals surface area contributed by atoms with Gasteiger partial charge in [-0.3, -0.25) is 0 Å². The van der Waals surface area contributed by atoms with Gasteiger partial charge >= 0.3 is 11.9 Å². The lowest BCUT2D eigenvalue weighted by Gasteiger charge is -2.26. The highest BCUT2D eigenvalue weighted by Crippen LogP contribution is 2.34. The molecule has 34 heavy (non-hydrogen) atoms. The number of benzene rings is 2. The van der Waals surface area contributed by atoms with Crippen molar-refractivity contribution in [1.82, 2.24) is 14.1 Å². The summed E-state index contributed by atoms with van der Waals surface area (Å²) in [6.07, 6.45) is 0. The molecule has 0 spiro atoms. The first-order valence-electron chi connectivity index (χ1n) is 10.4. The van der Waals surface area contributed by atoms with Crippen LogP contribution in [0.5, 0.6) is 0 Å². The molecule has 1 aliphatic rings. The number of esters is 2. The first kappa shape index (κ1) is 23.6. The number of para-hydroxylation sites is 1. The maximum Gasteiger partial charge on any atom is 0.357 e. The smallest absolute Gasteiger partial charge is 0.357 e. The van der Waals surface area contributed by atoms with Crippen LogP contribution in [0.3, 0.4) is 0 Å². The molecule has 1 aliphatic heterocycles. The number of nitrogens with zero attached hydrogens (tertiary/aromatic N) is 3. The molecule has 0 saturated carbocycles. The van der Waals surface area contributed by atoms with E-state index >= 15 is 0 Å². The van der Waals surface area contributed by atoms with Gasteiger partial charge in [0.1, 0.15) is 11.3 Å². The normalized spacial score (nSPS) is 14.5. The number of hydrogen-bond acceptors (Lipinski definition) is 8. The minimum Gasteiger partial charge on any atom is -0.465 e. The molecule has 1 fully saturated rings. The van der Waals surface area contributed by atoms with Crippen molar-refractivity contribution in [2.24, 2.45) is 0 Å². The van der Waals surface area contributed by atoms with E-state index in [0.717, 1.165) is 0 Å². The van der Waals surface area contributed by atoms with Crippen LogP contribution in [0.2, 0.25) is 0 Å². The number of ether oxygens (including phenoxy) is 3. The van der Waals surface area contributed by atoms with E-state index in [-0.39, 0.29) is 53.7 Å². The molecular formula is C23H23N3O7S. The molecule has 178 valence electrons. The second-order valence-electron chi connectivity index (χ2n) is 7.32. The van der Waals surface area contributed by atoms with Crippen LogP contribution in [0, 0.1) is 0 Å². The van der Waals surface area contributed by atoms with Gasteiger partial charge in [0.2, 0.25) is 10.0 Å². The van der Waals surface area contributed by atoms with E-state index in [4.69, 9.17) is 14.2 Å². The topological polar surface area (TPSA) is 117 Å². The van der Waals surface area contributed by atoms with Crippen molar-refractivity contribution >= 4 is 22.0 Å². The van der Waals surface area contributed by atoms with Crippen molar-refractivity contribution < 1.29 is 32.2 Å². The first-order valence-corrected chi connectivity index (χ1v) is 11.9. The summed E-state index contributed by atoms with van der Waals surface area (Å²) in [6.45, 7) is 0.965. The predicted molar refractivity (Wildman–Crippen MR) is 121 cm³/mol. The number of hydrogen-bond donors (Lipinski definition) is 0. The van der Waals surface area contributed by atoms with Crippen LogP contribution < -0.4 is 0 Å². The van der Waals surface area contributed by atoms with Gasteiger partial charge in [0.25, 0.3) is 0 Å². The van der Waals surface area contributed by atoms with Gasteiger partial charge in [0.15, 0.2) is 5.69 Å². The Hall–Kier alpha value is -3.54. The van der Waals surface area contributed by atoms with Gasteiger partial charge in [-0.05, 0) is 18.2 Å². The number of morpholine rings is 1. The molecule has 1 saturated heterocycles. The monoisotopic (exact) mass is 485 g/mol. The molecule has 3 aromatic rings. The Morgan fingerprint density at radius 1 is 0.912 bits per heavy atom. The maximum absolute atomic E-state index is 13.5. The molecule has 2 heterocycles. The summed E-state index contributed by atoms with van der Waals surface area (Å²) in [6, 6.07) is 14.9. The molecule has 0 radical (unpaired) electrons. The lowest BCUT2D eigenvalue weighted by molar-refractivity contribution is 0.0549. The number of rotatable bonds is 6. The van der Waals surface area contributed by atoms with E-state index in [2.05, 4.69) is 5.10 Å². The van der Waals surface area contributed by atoms with Crippen LogP contribution in [-0.4, -0.2) is 75.0 Å². The molecule has 2 aromatic carbocycles. The quantitative estimate of drug-likeness (QED) is 0.488. The van der Waals surface area contributed by atoms with Crippen LogP contribution in [-0.2, 0) is 24.2 Å². The molecule has 0 bridgehead atoms. The SMILES string of the molecule is COC(=O)c1c(-c2ccccc2S(=O)(=O)N2CCOCC2)nn(-c2ccccc2)c1C(=O)OC. The van der Waals surface area contributed by atoms with Crippen LogP contribution >= 0.6 is 0 Å². The lowest BCUT2D eigenvalue weighted by atomic mass is 10.1. The minimum atomic E-state index is -3.95. The fraction of sp³-hybridized carbons (Fsp3) is 0.261. The number of sulfonamides is 1. The summed E-state index contributed by atoms with van der Waals surface area (Å²) in [5.41, 5.74) is 0.266. The van der Waals surface area contributed by atoms with Crippen molar-refractivity contribution in [1.29, 1.82) is 0 Å². The molecular weight excluding hydrogens is 462 g/mol. The fourth-order valence-corrected chi connectivity index (χ4v) is 5.36. The van der Waals surface area contributed by atoms with Crippen molar-refractivity contribution in [3.05, 3.63) is 65.9 Å². The van der Waals surface area contributed by atoms with Crippen LogP contribution in [0.4, 0.5) is 0 Å². The third kappa shape index (κ3) is 4.20. The zero-order chi connectivity index (χ0) is 24.3. The predicted octanol–water partition coefficient (Wildman–Crippen LogP) is 2.13. The van der Waals surface area contributed by atoms with Gasteiger partial charge in [-0.1, -0.05) is 36.4 Å². The largest absolute Gasteiger partial charge is 0.465 e. The Morgan fingerprint density at radius 2 is 1.53 bits per heavy atom. The first-order chi connectivity index (χ1) is 16.4. The maximum atomic E-state index is 13.5. The summed E-state index contributed by atoms with van der Waals surface area (Å²) < 4.78 is 44.8. The van der Waals surface area contributed by atoms with Crippen LogP contribution in [0.25, 0.3) is 16.9 Å². The molecule has 0 N–H and O–H groups in total. The minimum absolute atomic E-state index is 0.0106. The van der Waals surface area contributed by atoms with E-state index in [1.54, 1.807) is 48.5 Å². The molecule has 0 atom stereocenters. The second kappa shape index (κ2) is 9.75. The highest BCUT2D eigenvalue weighted by Gasteiger charge is 2.35. The van der Waals surface area contributed by atoms with Crippen molar-refractivity contribution in [3.63, 3.8) is 0 Å². The highest BCUT2D eigenvalue weighted by molar-refractivity contribution is 7.89. The summed E-state index contributed by atoms with van der Waals surface area (Å²) in [5, 5.41) is 4.52. The van der Waals surface area contributed by atoms with E-state index in [9.17, 15) is 18.0 Å². The van der Waals surface area contributed by atoms with E-state index in [1.807, 2.05) is 0 Å². The Kier molecular flexibility index (Phi) is 6.77. The summed E-state index contributed by atoms with van der Waals surface area (Å²) in [5.74, 6) is -1.67. The molecule has 4 rings (SSSR count). The van der Waals surface area contributed by atoms with Gasteiger partial charge in [0.05, 0.1) is 38.0 Å². The lowest BCUT2D eigenvalue weighted by Crippen LogP contribution is -2.40. The molecule has 0 unspecified atom stereocenters. The highest BCUT2D eigenvalue weighted by atomic mass is 32.2. The van der Waals surface area contributed by atoms with Gasteiger partial charge in [0, 0.05) is 18.7 Å². The Morgan fingerprint density at radius 3 is 2.18 bits per heavy atom. The Bertz CT molecular complexity index is 1310. The third-order valence-corrected chi connectivity index (χ3v) is 7.34. The van der Waals surface area contributed by atoms with Gasteiger partial charge in [-0.2, -0.15) is 9.40 Å². The molecule has 1 aromatic heterocycles. The van der Waals surface area contributed by atoms with E-state index in [0.29, 0.717) is 5.69 Å². The average molecular weight is 486 g/mol. The molecule has 0 aliphatic carbocycles. The third-order valence-electron chi connectivity index (χ3n) is 5.38. The summed E-state index contributed by atoms with van der Waals surface area (Å²) in [4.78, 5) is 25.6. The zero-order valence-corrected chi connectivity index (χ0v) is 19.4. The van der Waals surface area contributed by atoms with E-state index in [1.165, 1.54) is 29.3 Å². The molecule has 0 amide bonds. The van der Waals surface area contributed by atoms with E-state index < -0.39 is 22.0 Å². The standard InChI is InChI=1S/C23H23N3O7S/c1-31-22(27)19-20(24-26(21(19)23(28)32-2)16-8-4-3-5-9-16)17-10-6-7-11-18(17)34(29,30)25-12-14-33-15-13-25/h3-11H,12-15H2,1-2H3. The van der Waals surface area contributed by atoms with Gasteiger partial charge < -0.3 is 14.2 Å². The van der Waals surface area contributed by atoms with Gasteiger partial charge in [-0.25, -0.2) is 22.7 Å². The van der Waals surface area contributed by atoms with Crippen molar-refractivity contribution in [2.75, 3.05) is 40.5 Å². The Labute approximate surface area is 196 Å². The fourth-order valence-electron chi connectivity index (χ4n) is 3.76. The zero-order valence-electron chi connectivity index (χ0n) is 18.6. The number of carbonyl (C=O) groups is 2. The van der Waals surface area contributed by atoms with Crippen LogP contribution in [0.1, 0.15) is 20.8 Å². The van der Waals surface area contributed by atoms with Crippen LogP contribution in [0.15, 0.2) is 59.5 Å². The van der Waals surface area contributed by atoms with Crippen molar-refractivity contribution in [2.45, 2.75) is 4.90 Å². The number of aromatic nitrogens is 2. The van der Waals surface area contributed by atoms with Gasteiger partial charge in [-0.15, -0.1) is 0 Å². The number of carbonyl (C=O) groups excluding carboxylic acids is 2. The summed E-state index contributed by atoms with van der Waals surface area (Å²) in [7, 11) is -1.60. The Balaban J connectivity index is 2.00. The van der Waals surface area contributed by atoms with Crippen molar-refractivity contribution in [3.8, 4) is 16.9 Å². The number of methoxy groups -OCH3 is 2. The second-order valence-corrected chi connectivity index (χ2v) is 9.22. The molecule has 11 heteroatoms. The average Bonchev–Trinajstić information content (AvgIpc) is 3.29. The summed E-state index contributed by atoms with van der Waals surface area (Å²) >= 11 is 0.